The Morgan fingerprint density at radius 1 is 1.29 bits per heavy atom. The first kappa shape index (κ1) is 13.2. The summed E-state index contributed by atoms with van der Waals surface area (Å²) in [5.74, 6) is -1.75. The largest absolute Gasteiger partial charge is 0.479 e. The van der Waals surface area contributed by atoms with Gasteiger partial charge in [-0.15, -0.1) is 0 Å². The molecule has 1 unspecified atom stereocenters. The first-order valence-electron chi connectivity index (χ1n) is 5.18. The standard InChI is InChI=1S/C12H15NO4/c1-7-3-4-9(5-8(7)2)11(15)13-6-10(14)12(16)17/h3-5,10,14H,6H2,1-2H3,(H,13,15)(H,16,17). The van der Waals surface area contributed by atoms with Crippen molar-refractivity contribution in [3.63, 3.8) is 0 Å². The summed E-state index contributed by atoms with van der Waals surface area (Å²) in [4.78, 5) is 22.0. The molecule has 0 radical (unpaired) electrons. The van der Waals surface area contributed by atoms with Crippen molar-refractivity contribution in [1.29, 1.82) is 0 Å². The van der Waals surface area contributed by atoms with E-state index in [0.717, 1.165) is 11.1 Å². The topological polar surface area (TPSA) is 86.6 Å². The van der Waals surface area contributed by atoms with Crippen LogP contribution in [0.1, 0.15) is 21.5 Å². The number of aryl methyl sites for hydroxylation is 2. The minimum atomic E-state index is -1.58. The van der Waals surface area contributed by atoms with Crippen LogP contribution in [0.3, 0.4) is 0 Å². The van der Waals surface area contributed by atoms with Gasteiger partial charge in [0.15, 0.2) is 6.10 Å². The van der Waals surface area contributed by atoms with Gasteiger partial charge >= 0.3 is 5.97 Å². The van der Waals surface area contributed by atoms with Crippen molar-refractivity contribution < 1.29 is 19.8 Å². The van der Waals surface area contributed by atoms with Crippen LogP contribution in [0, 0.1) is 13.8 Å². The minimum Gasteiger partial charge on any atom is -0.479 e. The molecule has 0 bridgehead atoms. The van der Waals surface area contributed by atoms with Gasteiger partial charge in [-0.2, -0.15) is 0 Å². The highest BCUT2D eigenvalue weighted by molar-refractivity contribution is 5.94. The van der Waals surface area contributed by atoms with E-state index in [9.17, 15) is 9.59 Å². The maximum atomic E-state index is 11.6. The molecule has 1 aromatic rings. The third-order valence-electron chi connectivity index (χ3n) is 2.51. The van der Waals surface area contributed by atoms with Gasteiger partial charge < -0.3 is 15.5 Å². The molecule has 0 aromatic heterocycles. The van der Waals surface area contributed by atoms with Crippen LogP contribution in [0.4, 0.5) is 0 Å². The average molecular weight is 237 g/mol. The van der Waals surface area contributed by atoms with E-state index in [1.54, 1.807) is 12.1 Å². The van der Waals surface area contributed by atoms with Gasteiger partial charge in [0, 0.05) is 5.56 Å². The Kier molecular flexibility index (Phi) is 4.23. The highest BCUT2D eigenvalue weighted by Gasteiger charge is 2.14. The predicted octanol–water partition coefficient (Wildman–Crippen LogP) is 0.479. The van der Waals surface area contributed by atoms with Crippen molar-refractivity contribution in [3.05, 3.63) is 34.9 Å². The average Bonchev–Trinajstić information content (AvgIpc) is 2.28. The molecular weight excluding hydrogens is 222 g/mol. The molecule has 5 nitrogen and oxygen atoms in total. The van der Waals surface area contributed by atoms with Crippen molar-refractivity contribution in [2.75, 3.05) is 6.54 Å². The molecule has 0 heterocycles. The van der Waals surface area contributed by atoms with Gasteiger partial charge in [-0.05, 0) is 37.1 Å². The molecule has 0 saturated carbocycles. The number of carboxylic acid groups (broad SMARTS) is 1. The van der Waals surface area contributed by atoms with E-state index in [0.29, 0.717) is 5.56 Å². The molecule has 1 rings (SSSR count). The van der Waals surface area contributed by atoms with E-state index in [2.05, 4.69) is 5.32 Å². The molecule has 1 aromatic carbocycles. The Morgan fingerprint density at radius 3 is 2.47 bits per heavy atom. The fourth-order valence-corrected chi connectivity index (χ4v) is 1.26. The van der Waals surface area contributed by atoms with Crippen LogP contribution in [-0.2, 0) is 4.79 Å². The number of hydrogen-bond acceptors (Lipinski definition) is 3. The van der Waals surface area contributed by atoms with Crippen LogP contribution >= 0.6 is 0 Å². The Morgan fingerprint density at radius 2 is 1.94 bits per heavy atom. The summed E-state index contributed by atoms with van der Waals surface area (Å²) in [6.07, 6.45) is -1.58. The molecule has 3 N–H and O–H groups in total. The number of aliphatic hydroxyl groups excluding tert-OH is 1. The molecule has 0 aliphatic carbocycles. The van der Waals surface area contributed by atoms with Crippen LogP contribution in [0.15, 0.2) is 18.2 Å². The van der Waals surface area contributed by atoms with Gasteiger partial charge in [-0.1, -0.05) is 6.07 Å². The van der Waals surface area contributed by atoms with Crippen LogP contribution in [-0.4, -0.2) is 34.7 Å². The van der Waals surface area contributed by atoms with Crippen molar-refractivity contribution >= 4 is 11.9 Å². The zero-order valence-electron chi connectivity index (χ0n) is 9.73. The van der Waals surface area contributed by atoms with Crippen molar-refractivity contribution in [1.82, 2.24) is 5.32 Å². The van der Waals surface area contributed by atoms with Crippen molar-refractivity contribution in [3.8, 4) is 0 Å². The monoisotopic (exact) mass is 237 g/mol. The number of hydrogen-bond donors (Lipinski definition) is 3. The summed E-state index contributed by atoms with van der Waals surface area (Å²) in [6.45, 7) is 3.52. The van der Waals surface area contributed by atoms with Crippen LogP contribution in [0.25, 0.3) is 0 Å². The highest BCUT2D eigenvalue weighted by atomic mass is 16.4. The summed E-state index contributed by atoms with van der Waals surface area (Å²) in [5, 5.41) is 19.8. The number of carbonyl (C=O) groups excluding carboxylic acids is 1. The number of carbonyl (C=O) groups is 2. The summed E-state index contributed by atoms with van der Waals surface area (Å²) < 4.78 is 0. The molecule has 17 heavy (non-hydrogen) atoms. The summed E-state index contributed by atoms with van der Waals surface area (Å²) >= 11 is 0. The summed E-state index contributed by atoms with van der Waals surface area (Å²) in [6, 6.07) is 5.19. The highest BCUT2D eigenvalue weighted by Crippen LogP contribution is 2.09. The van der Waals surface area contributed by atoms with E-state index in [1.165, 1.54) is 0 Å². The molecule has 1 atom stereocenters. The smallest absolute Gasteiger partial charge is 0.334 e. The lowest BCUT2D eigenvalue weighted by molar-refractivity contribution is -0.146. The molecule has 1 amide bonds. The van der Waals surface area contributed by atoms with Gasteiger partial charge in [0.1, 0.15) is 0 Å². The van der Waals surface area contributed by atoms with Gasteiger partial charge in [0.2, 0.25) is 0 Å². The summed E-state index contributed by atoms with van der Waals surface area (Å²) in [5.41, 5.74) is 2.51. The van der Waals surface area contributed by atoms with E-state index >= 15 is 0 Å². The first-order valence-corrected chi connectivity index (χ1v) is 5.18. The fraction of sp³-hybridized carbons (Fsp3) is 0.333. The minimum absolute atomic E-state index is 0.304. The number of aliphatic carboxylic acids is 1. The van der Waals surface area contributed by atoms with Crippen LogP contribution < -0.4 is 5.32 Å². The zero-order chi connectivity index (χ0) is 13.0. The Bertz CT molecular complexity index is 442. The maximum absolute atomic E-state index is 11.6. The molecule has 0 saturated heterocycles. The van der Waals surface area contributed by atoms with Gasteiger partial charge in [0.05, 0.1) is 6.54 Å². The van der Waals surface area contributed by atoms with Gasteiger partial charge in [-0.3, -0.25) is 4.79 Å². The first-order chi connectivity index (χ1) is 7.91. The maximum Gasteiger partial charge on any atom is 0.334 e. The second-order valence-corrected chi connectivity index (χ2v) is 3.86. The lowest BCUT2D eigenvalue weighted by Gasteiger charge is -2.09. The molecule has 0 fully saturated rings. The Hall–Kier alpha value is -1.88. The number of amides is 1. The molecule has 5 heteroatoms. The third kappa shape index (κ3) is 3.57. The second kappa shape index (κ2) is 5.45. The van der Waals surface area contributed by atoms with Gasteiger partial charge in [-0.25, -0.2) is 4.79 Å². The quantitative estimate of drug-likeness (QED) is 0.710. The van der Waals surface area contributed by atoms with E-state index in [4.69, 9.17) is 10.2 Å². The zero-order valence-corrected chi connectivity index (χ0v) is 9.73. The number of benzene rings is 1. The van der Waals surface area contributed by atoms with Crippen molar-refractivity contribution in [2.45, 2.75) is 20.0 Å². The molecule has 92 valence electrons. The Balaban J connectivity index is 2.64. The van der Waals surface area contributed by atoms with E-state index < -0.39 is 18.0 Å². The lowest BCUT2D eigenvalue weighted by Crippen LogP contribution is -2.36. The van der Waals surface area contributed by atoms with Crippen LogP contribution in [0.5, 0.6) is 0 Å². The lowest BCUT2D eigenvalue weighted by atomic mass is 10.1. The number of carboxylic acids is 1. The number of rotatable bonds is 4. The normalized spacial score (nSPS) is 11.9. The number of nitrogens with one attached hydrogen (secondary N) is 1. The van der Waals surface area contributed by atoms with Crippen molar-refractivity contribution in [2.24, 2.45) is 0 Å². The second-order valence-electron chi connectivity index (χ2n) is 3.86. The predicted molar refractivity (Wildman–Crippen MR) is 61.9 cm³/mol. The SMILES string of the molecule is Cc1ccc(C(=O)NCC(O)C(=O)O)cc1C. The third-order valence-corrected chi connectivity index (χ3v) is 2.51. The number of aliphatic hydroxyl groups is 1. The van der Waals surface area contributed by atoms with Crippen LogP contribution in [0.2, 0.25) is 0 Å². The molecule has 0 spiro atoms. The van der Waals surface area contributed by atoms with E-state index in [1.807, 2.05) is 19.9 Å². The fourth-order valence-electron chi connectivity index (χ4n) is 1.26. The molecular formula is C12H15NO4. The van der Waals surface area contributed by atoms with Gasteiger partial charge in [0.25, 0.3) is 5.91 Å². The molecule has 0 aliphatic heterocycles. The molecule has 0 aliphatic rings. The van der Waals surface area contributed by atoms with E-state index in [-0.39, 0.29) is 6.54 Å². The Labute approximate surface area is 99.1 Å². The summed E-state index contributed by atoms with van der Waals surface area (Å²) in [7, 11) is 0.